The second kappa shape index (κ2) is 5.35. The van der Waals surface area contributed by atoms with E-state index in [1.807, 2.05) is 31.2 Å². The van der Waals surface area contributed by atoms with E-state index in [0.717, 1.165) is 23.2 Å². The molecule has 1 aromatic carbocycles. The summed E-state index contributed by atoms with van der Waals surface area (Å²) in [6.07, 6.45) is 3.47. The normalized spacial score (nSPS) is 26.8. The molecule has 1 aromatic heterocycles. The number of rotatable bonds is 2. The molecule has 2 unspecified atom stereocenters. The fraction of sp³-hybridized carbons (Fsp3) is 0.438. The first-order chi connectivity index (χ1) is 9.69. The summed E-state index contributed by atoms with van der Waals surface area (Å²) < 4.78 is 5.59. The molecule has 2 fully saturated rings. The Bertz CT molecular complexity index is 682. The van der Waals surface area contributed by atoms with Crippen LogP contribution in [0.5, 0.6) is 0 Å². The summed E-state index contributed by atoms with van der Waals surface area (Å²) in [6.45, 7) is 1.92. The van der Waals surface area contributed by atoms with E-state index in [2.05, 4.69) is 10.6 Å². The summed E-state index contributed by atoms with van der Waals surface area (Å²) in [5, 5.41) is 7.73. The van der Waals surface area contributed by atoms with Crippen LogP contribution in [0.2, 0.25) is 0 Å². The molecule has 2 N–H and O–H groups in total. The zero-order valence-corrected chi connectivity index (χ0v) is 12.7. The largest absolute Gasteiger partial charge is 0.461 e. The molecule has 4 nitrogen and oxygen atoms in total. The molecule has 0 saturated carbocycles. The van der Waals surface area contributed by atoms with Crippen molar-refractivity contribution < 1.29 is 9.21 Å². The Labute approximate surface area is 129 Å². The van der Waals surface area contributed by atoms with Gasteiger partial charge in [-0.05, 0) is 44.4 Å². The average Bonchev–Trinajstić information content (AvgIpc) is 3.10. The molecule has 2 aromatic rings. The van der Waals surface area contributed by atoms with Gasteiger partial charge in [-0.3, -0.25) is 4.79 Å². The third-order valence-electron chi connectivity index (χ3n) is 4.52. The standard InChI is InChI=1S/C16H18N2O2.ClH/c1-9-6-10-2-3-11(7-15(10)20-9)16(19)18-14-8-12-4-5-13(14)17-12;/h2-3,6-7,12-14,17H,4-5,8H2,1H3,(H,18,19);1H/t12?,13?,14-;/m1./s1. The van der Waals surface area contributed by atoms with Gasteiger partial charge in [0.05, 0.1) is 0 Å². The van der Waals surface area contributed by atoms with Gasteiger partial charge < -0.3 is 15.1 Å². The van der Waals surface area contributed by atoms with Gasteiger partial charge in [-0.25, -0.2) is 0 Å². The van der Waals surface area contributed by atoms with Gasteiger partial charge in [0.25, 0.3) is 5.91 Å². The van der Waals surface area contributed by atoms with Crippen molar-refractivity contribution in [3.8, 4) is 0 Å². The van der Waals surface area contributed by atoms with E-state index in [1.54, 1.807) is 0 Å². The van der Waals surface area contributed by atoms with Crippen molar-refractivity contribution in [2.75, 3.05) is 0 Å². The molecule has 0 spiro atoms. The first kappa shape index (κ1) is 14.4. The smallest absolute Gasteiger partial charge is 0.251 e. The second-order valence-corrected chi connectivity index (χ2v) is 5.97. The monoisotopic (exact) mass is 306 g/mol. The van der Waals surface area contributed by atoms with Crippen molar-refractivity contribution in [3.63, 3.8) is 0 Å². The van der Waals surface area contributed by atoms with Crippen LogP contribution >= 0.6 is 12.4 Å². The molecule has 3 heterocycles. The third kappa shape index (κ3) is 2.54. The highest BCUT2D eigenvalue weighted by Gasteiger charge is 2.39. The maximum atomic E-state index is 12.3. The Morgan fingerprint density at radius 1 is 1.33 bits per heavy atom. The lowest BCUT2D eigenvalue weighted by Crippen LogP contribution is -2.42. The molecule has 0 radical (unpaired) electrons. The summed E-state index contributed by atoms with van der Waals surface area (Å²) in [5.41, 5.74) is 1.45. The van der Waals surface area contributed by atoms with E-state index in [-0.39, 0.29) is 24.4 Å². The number of halogens is 1. The maximum absolute atomic E-state index is 12.3. The van der Waals surface area contributed by atoms with Crippen LogP contribution in [0.1, 0.15) is 35.4 Å². The van der Waals surface area contributed by atoms with Crippen molar-refractivity contribution in [3.05, 3.63) is 35.6 Å². The molecule has 2 bridgehead atoms. The van der Waals surface area contributed by atoms with Crippen molar-refractivity contribution >= 4 is 29.3 Å². The lowest BCUT2D eigenvalue weighted by atomic mass is 9.95. The van der Waals surface area contributed by atoms with E-state index < -0.39 is 0 Å². The number of hydrogen-bond acceptors (Lipinski definition) is 3. The Hall–Kier alpha value is -1.52. The lowest BCUT2D eigenvalue weighted by molar-refractivity contribution is 0.0931. The van der Waals surface area contributed by atoms with Crippen LogP contribution in [0, 0.1) is 6.92 Å². The van der Waals surface area contributed by atoms with Crippen molar-refractivity contribution in [2.45, 2.75) is 44.3 Å². The van der Waals surface area contributed by atoms with Crippen LogP contribution in [0.3, 0.4) is 0 Å². The quantitative estimate of drug-likeness (QED) is 0.897. The number of amides is 1. The first-order valence-electron chi connectivity index (χ1n) is 7.26. The number of carbonyl (C=O) groups excluding carboxylic acids is 1. The molecule has 2 aliphatic rings. The summed E-state index contributed by atoms with van der Waals surface area (Å²) in [5.74, 6) is 0.871. The van der Waals surface area contributed by atoms with Crippen molar-refractivity contribution in [1.29, 1.82) is 0 Å². The van der Waals surface area contributed by atoms with E-state index in [1.165, 1.54) is 12.8 Å². The van der Waals surface area contributed by atoms with Gasteiger partial charge in [0.1, 0.15) is 11.3 Å². The molecule has 4 rings (SSSR count). The average molecular weight is 307 g/mol. The summed E-state index contributed by atoms with van der Waals surface area (Å²) in [7, 11) is 0. The molecule has 2 aliphatic heterocycles. The SMILES string of the molecule is Cc1cc2ccc(C(=O)N[C@@H]3CC4CCC3N4)cc2o1.Cl. The highest BCUT2D eigenvalue weighted by atomic mass is 35.5. The zero-order chi connectivity index (χ0) is 13.7. The summed E-state index contributed by atoms with van der Waals surface area (Å²) in [6, 6.07) is 8.96. The van der Waals surface area contributed by atoms with Crippen molar-refractivity contribution in [1.82, 2.24) is 10.6 Å². The van der Waals surface area contributed by atoms with E-state index in [4.69, 9.17) is 4.42 Å². The molecule has 21 heavy (non-hydrogen) atoms. The predicted octanol–water partition coefficient (Wildman–Crippen LogP) is 2.79. The molecule has 5 heteroatoms. The fourth-order valence-electron chi connectivity index (χ4n) is 3.54. The number of nitrogens with one attached hydrogen (secondary N) is 2. The number of fused-ring (bicyclic) bond motifs is 3. The molecule has 1 amide bonds. The zero-order valence-electron chi connectivity index (χ0n) is 11.9. The first-order valence-corrected chi connectivity index (χ1v) is 7.26. The third-order valence-corrected chi connectivity index (χ3v) is 4.52. The Balaban J connectivity index is 0.00000132. The van der Waals surface area contributed by atoms with Gasteiger partial charge in [0.15, 0.2) is 0 Å². The minimum atomic E-state index is 0. The number of benzene rings is 1. The Morgan fingerprint density at radius 3 is 2.90 bits per heavy atom. The maximum Gasteiger partial charge on any atom is 0.251 e. The molecule has 2 saturated heterocycles. The van der Waals surface area contributed by atoms with E-state index in [0.29, 0.717) is 17.6 Å². The molecule has 3 atom stereocenters. The van der Waals surface area contributed by atoms with Gasteiger partial charge >= 0.3 is 0 Å². The molecular weight excluding hydrogens is 288 g/mol. The number of carbonyl (C=O) groups is 1. The Kier molecular flexibility index (Phi) is 3.68. The van der Waals surface area contributed by atoms with Crippen LogP contribution in [-0.4, -0.2) is 24.0 Å². The lowest BCUT2D eigenvalue weighted by Gasteiger charge is -2.21. The van der Waals surface area contributed by atoms with Gasteiger partial charge in [-0.1, -0.05) is 6.07 Å². The summed E-state index contributed by atoms with van der Waals surface area (Å²) >= 11 is 0. The molecular formula is C16H19ClN2O2. The number of hydrogen-bond donors (Lipinski definition) is 2. The minimum absolute atomic E-state index is 0. The van der Waals surface area contributed by atoms with Crippen molar-refractivity contribution in [2.24, 2.45) is 0 Å². The topological polar surface area (TPSA) is 54.3 Å². The van der Waals surface area contributed by atoms with Crippen LogP contribution in [0.25, 0.3) is 11.0 Å². The van der Waals surface area contributed by atoms with Gasteiger partial charge in [-0.2, -0.15) is 0 Å². The van der Waals surface area contributed by atoms with Crippen LogP contribution < -0.4 is 10.6 Å². The minimum Gasteiger partial charge on any atom is -0.461 e. The van der Waals surface area contributed by atoms with Crippen LogP contribution in [0.4, 0.5) is 0 Å². The van der Waals surface area contributed by atoms with E-state index >= 15 is 0 Å². The number of furan rings is 1. The van der Waals surface area contributed by atoms with Gasteiger partial charge in [0, 0.05) is 29.1 Å². The van der Waals surface area contributed by atoms with Crippen LogP contribution in [0.15, 0.2) is 28.7 Å². The number of aryl methyl sites for hydroxylation is 1. The highest BCUT2D eigenvalue weighted by molar-refractivity contribution is 5.97. The van der Waals surface area contributed by atoms with E-state index in [9.17, 15) is 4.79 Å². The Morgan fingerprint density at radius 2 is 2.19 bits per heavy atom. The van der Waals surface area contributed by atoms with Gasteiger partial charge in [-0.15, -0.1) is 12.4 Å². The predicted molar refractivity (Wildman–Crippen MR) is 84.0 cm³/mol. The molecule has 112 valence electrons. The highest BCUT2D eigenvalue weighted by Crippen LogP contribution is 2.28. The fourth-order valence-corrected chi connectivity index (χ4v) is 3.54. The second-order valence-electron chi connectivity index (χ2n) is 5.97. The van der Waals surface area contributed by atoms with Gasteiger partial charge in [0.2, 0.25) is 0 Å². The summed E-state index contributed by atoms with van der Waals surface area (Å²) in [4.78, 5) is 12.3. The van der Waals surface area contributed by atoms with Crippen LogP contribution in [-0.2, 0) is 0 Å². The molecule has 0 aliphatic carbocycles.